The van der Waals surface area contributed by atoms with E-state index in [-0.39, 0.29) is 24.0 Å². The zero-order valence-electron chi connectivity index (χ0n) is 14.5. The van der Waals surface area contributed by atoms with Crippen molar-refractivity contribution in [2.45, 2.75) is 46.6 Å². The summed E-state index contributed by atoms with van der Waals surface area (Å²) in [4.78, 5) is 6.78. The number of nitrogens with zero attached hydrogens (tertiary/aromatic N) is 2. The first-order valence-corrected chi connectivity index (χ1v) is 7.85. The molecule has 0 amide bonds. The lowest BCUT2D eigenvalue weighted by Gasteiger charge is -2.23. The van der Waals surface area contributed by atoms with E-state index in [2.05, 4.69) is 62.0 Å². The van der Waals surface area contributed by atoms with E-state index in [1.807, 2.05) is 12.1 Å². The first-order chi connectivity index (χ1) is 9.93. The summed E-state index contributed by atoms with van der Waals surface area (Å²) in [6.45, 7) is 13.6. The third-order valence-electron chi connectivity index (χ3n) is 3.63. The van der Waals surface area contributed by atoms with Gasteiger partial charge >= 0.3 is 0 Å². The molecule has 0 heterocycles. The van der Waals surface area contributed by atoms with Crippen LogP contribution in [-0.4, -0.2) is 36.5 Å². The SMILES string of the molecule is CCN(CCN=C(N)Nc1cccc(C(C)C)c1)C(C)C.I. The Morgan fingerprint density at radius 3 is 2.50 bits per heavy atom. The molecule has 0 bridgehead atoms. The zero-order valence-corrected chi connectivity index (χ0v) is 16.8. The summed E-state index contributed by atoms with van der Waals surface area (Å²) < 4.78 is 0. The topological polar surface area (TPSA) is 53.6 Å². The van der Waals surface area contributed by atoms with E-state index in [9.17, 15) is 0 Å². The van der Waals surface area contributed by atoms with Crippen molar-refractivity contribution >= 4 is 35.6 Å². The molecular formula is C17H31IN4. The summed E-state index contributed by atoms with van der Waals surface area (Å²) in [5, 5.41) is 3.17. The number of nitrogens with one attached hydrogen (secondary N) is 1. The van der Waals surface area contributed by atoms with Gasteiger partial charge in [0, 0.05) is 18.3 Å². The Balaban J connectivity index is 0.00000441. The lowest BCUT2D eigenvalue weighted by molar-refractivity contribution is 0.241. The van der Waals surface area contributed by atoms with Crippen molar-refractivity contribution < 1.29 is 0 Å². The molecule has 0 aliphatic rings. The Morgan fingerprint density at radius 2 is 1.95 bits per heavy atom. The summed E-state index contributed by atoms with van der Waals surface area (Å²) in [7, 11) is 0. The number of rotatable bonds is 7. The second-order valence-corrected chi connectivity index (χ2v) is 5.89. The first-order valence-electron chi connectivity index (χ1n) is 7.85. The Morgan fingerprint density at radius 1 is 1.27 bits per heavy atom. The quantitative estimate of drug-likeness (QED) is 0.402. The molecule has 0 radical (unpaired) electrons. The number of hydrogen-bond donors (Lipinski definition) is 2. The second kappa shape index (κ2) is 10.8. The fourth-order valence-corrected chi connectivity index (χ4v) is 2.24. The van der Waals surface area contributed by atoms with E-state index >= 15 is 0 Å². The number of anilines is 1. The van der Waals surface area contributed by atoms with Crippen molar-refractivity contribution in [3.63, 3.8) is 0 Å². The maximum Gasteiger partial charge on any atom is 0.193 e. The number of nitrogens with two attached hydrogens (primary N) is 1. The minimum Gasteiger partial charge on any atom is -0.370 e. The van der Waals surface area contributed by atoms with Crippen molar-refractivity contribution in [1.82, 2.24) is 4.90 Å². The highest BCUT2D eigenvalue weighted by Crippen LogP contribution is 2.18. The van der Waals surface area contributed by atoms with Crippen LogP contribution in [0.4, 0.5) is 5.69 Å². The third-order valence-corrected chi connectivity index (χ3v) is 3.63. The number of halogens is 1. The standard InChI is InChI=1S/C17H30N4.HI/c1-6-21(14(4)5)11-10-19-17(18)20-16-9-7-8-15(12-16)13(2)3;/h7-9,12-14H,6,10-11H2,1-5H3,(H3,18,19,20);1H. The molecule has 0 spiro atoms. The summed E-state index contributed by atoms with van der Waals surface area (Å²) in [5.74, 6) is 0.991. The highest BCUT2D eigenvalue weighted by molar-refractivity contribution is 14.0. The zero-order chi connectivity index (χ0) is 15.8. The van der Waals surface area contributed by atoms with Gasteiger partial charge in [-0.15, -0.1) is 24.0 Å². The molecule has 5 heteroatoms. The van der Waals surface area contributed by atoms with Crippen LogP contribution in [-0.2, 0) is 0 Å². The van der Waals surface area contributed by atoms with Crippen LogP contribution in [0.5, 0.6) is 0 Å². The van der Waals surface area contributed by atoms with E-state index in [0.29, 0.717) is 24.5 Å². The van der Waals surface area contributed by atoms with Crippen molar-refractivity contribution in [1.29, 1.82) is 0 Å². The first kappa shape index (κ1) is 21.2. The molecule has 0 aliphatic carbocycles. The van der Waals surface area contributed by atoms with Crippen molar-refractivity contribution in [3.8, 4) is 0 Å². The molecule has 0 saturated carbocycles. The van der Waals surface area contributed by atoms with Gasteiger partial charge in [-0.1, -0.05) is 32.9 Å². The molecule has 4 nitrogen and oxygen atoms in total. The fourth-order valence-electron chi connectivity index (χ4n) is 2.24. The van der Waals surface area contributed by atoms with Gasteiger partial charge in [0.15, 0.2) is 5.96 Å². The molecule has 1 aromatic carbocycles. The average molecular weight is 418 g/mol. The van der Waals surface area contributed by atoms with Crippen molar-refractivity contribution in [2.75, 3.05) is 25.0 Å². The van der Waals surface area contributed by atoms with E-state index < -0.39 is 0 Å². The van der Waals surface area contributed by atoms with Gasteiger partial charge < -0.3 is 11.1 Å². The number of aliphatic imine (C=N–C) groups is 1. The van der Waals surface area contributed by atoms with Gasteiger partial charge in [-0.05, 0) is 44.0 Å². The van der Waals surface area contributed by atoms with E-state index in [4.69, 9.17) is 5.73 Å². The van der Waals surface area contributed by atoms with Gasteiger partial charge in [-0.3, -0.25) is 9.89 Å². The van der Waals surface area contributed by atoms with Crippen molar-refractivity contribution in [2.24, 2.45) is 10.7 Å². The van der Waals surface area contributed by atoms with E-state index in [0.717, 1.165) is 18.8 Å². The van der Waals surface area contributed by atoms with Gasteiger partial charge in [0.1, 0.15) is 0 Å². The molecule has 1 aromatic rings. The number of guanidine groups is 1. The number of benzene rings is 1. The van der Waals surface area contributed by atoms with Gasteiger partial charge in [-0.25, -0.2) is 0 Å². The average Bonchev–Trinajstić information content (AvgIpc) is 2.43. The minimum atomic E-state index is 0. The molecule has 1 rings (SSSR count). The number of hydrogen-bond acceptors (Lipinski definition) is 2. The van der Waals surface area contributed by atoms with Crippen LogP contribution in [0.2, 0.25) is 0 Å². The summed E-state index contributed by atoms with van der Waals surface area (Å²) in [6, 6.07) is 8.86. The van der Waals surface area contributed by atoms with Crippen LogP contribution < -0.4 is 11.1 Å². The van der Waals surface area contributed by atoms with Crippen LogP contribution in [0.3, 0.4) is 0 Å². The molecule has 0 fully saturated rings. The highest BCUT2D eigenvalue weighted by Gasteiger charge is 2.05. The molecular weight excluding hydrogens is 387 g/mol. The van der Waals surface area contributed by atoms with Crippen LogP contribution in [0.1, 0.15) is 46.1 Å². The second-order valence-electron chi connectivity index (χ2n) is 5.89. The Labute approximate surface area is 152 Å². The molecule has 0 aromatic heterocycles. The maximum absolute atomic E-state index is 5.96. The Kier molecular flexibility index (Phi) is 10.4. The van der Waals surface area contributed by atoms with Gasteiger partial charge in [0.2, 0.25) is 0 Å². The lowest BCUT2D eigenvalue weighted by Crippen LogP contribution is -2.33. The molecule has 126 valence electrons. The van der Waals surface area contributed by atoms with Gasteiger partial charge in [-0.2, -0.15) is 0 Å². The molecule has 0 saturated heterocycles. The maximum atomic E-state index is 5.96. The molecule has 0 aliphatic heterocycles. The van der Waals surface area contributed by atoms with Gasteiger partial charge in [0.05, 0.1) is 6.54 Å². The Bertz CT molecular complexity index is 458. The fraction of sp³-hybridized carbons (Fsp3) is 0.588. The molecule has 0 atom stereocenters. The predicted octanol–water partition coefficient (Wildman–Crippen LogP) is 3.88. The smallest absolute Gasteiger partial charge is 0.193 e. The summed E-state index contributed by atoms with van der Waals surface area (Å²) in [6.07, 6.45) is 0. The van der Waals surface area contributed by atoms with Gasteiger partial charge in [0.25, 0.3) is 0 Å². The normalized spacial score (nSPS) is 11.9. The summed E-state index contributed by atoms with van der Waals surface area (Å²) in [5.41, 5.74) is 8.25. The Hall–Kier alpha value is -0.820. The molecule has 0 unspecified atom stereocenters. The summed E-state index contributed by atoms with van der Waals surface area (Å²) >= 11 is 0. The number of likely N-dealkylation sites (N-methyl/N-ethyl adjacent to an activating group) is 1. The third kappa shape index (κ3) is 7.45. The minimum absolute atomic E-state index is 0. The van der Waals surface area contributed by atoms with Crippen molar-refractivity contribution in [3.05, 3.63) is 29.8 Å². The molecule has 22 heavy (non-hydrogen) atoms. The van der Waals surface area contributed by atoms with E-state index in [1.165, 1.54) is 5.56 Å². The van der Waals surface area contributed by atoms with Crippen LogP contribution in [0.25, 0.3) is 0 Å². The molecule has 3 N–H and O–H groups in total. The highest BCUT2D eigenvalue weighted by atomic mass is 127. The predicted molar refractivity (Wildman–Crippen MR) is 108 cm³/mol. The van der Waals surface area contributed by atoms with Crippen LogP contribution in [0, 0.1) is 0 Å². The van der Waals surface area contributed by atoms with E-state index in [1.54, 1.807) is 0 Å². The largest absolute Gasteiger partial charge is 0.370 e. The lowest BCUT2D eigenvalue weighted by atomic mass is 10.0. The van der Waals surface area contributed by atoms with Crippen LogP contribution in [0.15, 0.2) is 29.3 Å². The van der Waals surface area contributed by atoms with Crippen LogP contribution >= 0.6 is 24.0 Å². The monoisotopic (exact) mass is 418 g/mol.